The SMILES string of the molecule is O=C1c2ccccc2C(=O)C12[C@@H](c1ccc([N+](=O)[O-])cc1)C1(C(=O)c3ccccc3C1=O)N(c1ccccc1)[C@@H]2c1ccc([N+](=O)[O-])cc1. The van der Waals surface area contributed by atoms with Crippen molar-refractivity contribution in [1.82, 2.24) is 0 Å². The summed E-state index contributed by atoms with van der Waals surface area (Å²) in [5.41, 5.74) is -3.68. The highest BCUT2D eigenvalue weighted by Gasteiger charge is 2.81. The summed E-state index contributed by atoms with van der Waals surface area (Å²) in [4.78, 5) is 84.8. The summed E-state index contributed by atoms with van der Waals surface area (Å²) in [5, 5.41) is 23.4. The number of non-ortho nitro benzene ring substituents is 2. The number of nitro benzene ring substituents is 2. The Hall–Kier alpha value is -6.62. The van der Waals surface area contributed by atoms with E-state index in [0.717, 1.165) is 0 Å². The number of ketones is 4. The van der Waals surface area contributed by atoms with Crippen LogP contribution < -0.4 is 4.90 Å². The molecule has 1 aliphatic heterocycles. The van der Waals surface area contributed by atoms with E-state index in [1.165, 1.54) is 72.8 Å². The summed E-state index contributed by atoms with van der Waals surface area (Å²) in [6, 6.07) is 30.3. The Kier molecular flexibility index (Phi) is 6.34. The molecular weight excluding hydrogens is 626 g/mol. The lowest BCUT2D eigenvalue weighted by Crippen LogP contribution is -2.57. The number of benzene rings is 5. The third-order valence-electron chi connectivity index (χ3n) is 10.1. The Morgan fingerprint density at radius 3 is 1.31 bits per heavy atom. The molecule has 0 unspecified atom stereocenters. The molecule has 2 aliphatic carbocycles. The lowest BCUT2D eigenvalue weighted by molar-refractivity contribution is -0.385. The average molecular weight is 650 g/mol. The van der Waals surface area contributed by atoms with E-state index in [1.54, 1.807) is 59.5 Å². The Labute approximate surface area is 277 Å². The van der Waals surface area contributed by atoms with E-state index in [-0.39, 0.29) is 44.8 Å². The molecule has 0 radical (unpaired) electrons. The minimum absolute atomic E-state index is 0.104. The van der Waals surface area contributed by atoms with Crippen LogP contribution in [-0.4, -0.2) is 38.5 Å². The fourth-order valence-corrected chi connectivity index (χ4v) is 8.27. The zero-order valence-corrected chi connectivity index (χ0v) is 25.4. The Bertz CT molecular complexity index is 2210. The van der Waals surface area contributed by atoms with Crippen LogP contribution in [0.15, 0.2) is 127 Å². The van der Waals surface area contributed by atoms with E-state index >= 15 is 19.2 Å². The second-order valence-electron chi connectivity index (χ2n) is 12.3. The number of anilines is 1. The molecule has 1 heterocycles. The van der Waals surface area contributed by atoms with Gasteiger partial charge < -0.3 is 4.90 Å². The molecule has 3 aliphatic rings. The number of carbonyl (C=O) groups excluding carboxylic acids is 4. The van der Waals surface area contributed by atoms with Crippen molar-refractivity contribution >= 4 is 40.2 Å². The van der Waals surface area contributed by atoms with Gasteiger partial charge in [0.05, 0.1) is 15.9 Å². The van der Waals surface area contributed by atoms with Crippen molar-refractivity contribution in [3.8, 4) is 0 Å². The topological polar surface area (TPSA) is 158 Å². The minimum atomic E-state index is -2.24. The number of Topliss-reactive ketones (excluding diaryl/α,β-unsaturated/α-hetero) is 4. The van der Waals surface area contributed by atoms with Crippen LogP contribution in [0.2, 0.25) is 0 Å². The Morgan fingerprint density at radius 1 is 0.490 bits per heavy atom. The predicted molar refractivity (Wildman–Crippen MR) is 176 cm³/mol. The molecule has 5 aromatic carbocycles. The molecule has 49 heavy (non-hydrogen) atoms. The van der Waals surface area contributed by atoms with Gasteiger partial charge in [-0.2, -0.15) is 0 Å². The molecule has 0 bridgehead atoms. The molecule has 0 saturated carbocycles. The summed E-state index contributed by atoms with van der Waals surface area (Å²) in [6.07, 6.45) is 0. The number of rotatable bonds is 5. The molecule has 11 nitrogen and oxygen atoms in total. The number of nitro groups is 2. The summed E-state index contributed by atoms with van der Waals surface area (Å²) in [5.74, 6) is -4.04. The van der Waals surface area contributed by atoms with E-state index in [4.69, 9.17) is 0 Å². The number of fused-ring (bicyclic) bond motifs is 2. The molecule has 2 atom stereocenters. The highest BCUT2D eigenvalue weighted by atomic mass is 16.6. The standard InChI is InChI=1S/C38H23N3O8/c42-33-27-10-4-5-11-28(27)34(43)37(33)31(22-14-18-25(19-15-22)40(46)47)38(35(44)29-12-6-7-13-30(29)36(38)45)39(24-8-2-1-3-9-24)32(37)23-16-20-26(21-17-23)41(48)49/h1-21,31-32H/t31-,32-/m1/s1. The van der Waals surface area contributed by atoms with E-state index < -0.39 is 55.9 Å². The number of carbonyl (C=O) groups is 4. The smallest absolute Gasteiger partial charge is 0.269 e. The van der Waals surface area contributed by atoms with Crippen LogP contribution in [0.4, 0.5) is 17.1 Å². The van der Waals surface area contributed by atoms with Crippen LogP contribution in [0, 0.1) is 25.6 Å². The highest BCUT2D eigenvalue weighted by molar-refractivity contribution is 6.39. The first kappa shape index (κ1) is 29.8. The van der Waals surface area contributed by atoms with Gasteiger partial charge in [0.1, 0.15) is 5.41 Å². The van der Waals surface area contributed by atoms with Crippen LogP contribution in [0.3, 0.4) is 0 Å². The number of hydrogen-bond acceptors (Lipinski definition) is 9. The summed E-state index contributed by atoms with van der Waals surface area (Å²) in [6.45, 7) is 0. The van der Waals surface area contributed by atoms with Gasteiger partial charge in [-0.1, -0.05) is 91.0 Å². The maximum Gasteiger partial charge on any atom is 0.269 e. The van der Waals surface area contributed by atoms with Crippen molar-refractivity contribution in [3.63, 3.8) is 0 Å². The molecule has 0 amide bonds. The van der Waals surface area contributed by atoms with Crippen molar-refractivity contribution in [2.24, 2.45) is 5.41 Å². The molecule has 238 valence electrons. The summed E-state index contributed by atoms with van der Waals surface area (Å²) in [7, 11) is 0. The lowest BCUT2D eigenvalue weighted by Gasteiger charge is -2.40. The van der Waals surface area contributed by atoms with Crippen LogP contribution >= 0.6 is 0 Å². The fourth-order valence-electron chi connectivity index (χ4n) is 8.27. The Morgan fingerprint density at radius 2 is 0.878 bits per heavy atom. The van der Waals surface area contributed by atoms with Crippen molar-refractivity contribution < 1.29 is 29.0 Å². The summed E-state index contributed by atoms with van der Waals surface area (Å²) >= 11 is 0. The first-order chi connectivity index (χ1) is 23.6. The van der Waals surface area contributed by atoms with Gasteiger partial charge in [0.2, 0.25) is 0 Å². The third kappa shape index (κ3) is 3.72. The second-order valence-corrected chi connectivity index (χ2v) is 12.3. The quantitative estimate of drug-likeness (QED) is 0.114. The van der Waals surface area contributed by atoms with E-state index in [0.29, 0.717) is 5.69 Å². The molecule has 2 spiro atoms. The largest absolute Gasteiger partial charge is 0.343 e. The number of nitrogens with zero attached hydrogens (tertiary/aromatic N) is 3. The minimum Gasteiger partial charge on any atom is -0.343 e. The van der Waals surface area contributed by atoms with Gasteiger partial charge >= 0.3 is 0 Å². The first-order valence-electron chi connectivity index (χ1n) is 15.4. The van der Waals surface area contributed by atoms with Crippen LogP contribution in [0.1, 0.15) is 64.5 Å². The van der Waals surface area contributed by atoms with Crippen LogP contribution in [-0.2, 0) is 0 Å². The molecule has 0 aromatic heterocycles. The van der Waals surface area contributed by atoms with Crippen molar-refractivity contribution in [3.05, 3.63) is 181 Å². The number of para-hydroxylation sites is 1. The molecule has 0 N–H and O–H groups in total. The molecule has 11 heteroatoms. The molecule has 8 rings (SSSR count). The fraction of sp³-hybridized carbons (Fsp3) is 0.105. The van der Waals surface area contributed by atoms with Gasteiger partial charge in [-0.3, -0.25) is 39.4 Å². The van der Waals surface area contributed by atoms with Crippen LogP contribution in [0.5, 0.6) is 0 Å². The second kappa shape index (κ2) is 10.4. The van der Waals surface area contributed by atoms with Gasteiger partial charge in [-0.25, -0.2) is 0 Å². The highest BCUT2D eigenvalue weighted by Crippen LogP contribution is 2.69. The van der Waals surface area contributed by atoms with Gasteiger partial charge in [-0.15, -0.1) is 0 Å². The zero-order chi connectivity index (χ0) is 34.2. The van der Waals surface area contributed by atoms with Gasteiger partial charge in [0, 0.05) is 58.1 Å². The summed E-state index contributed by atoms with van der Waals surface area (Å²) < 4.78 is 0. The molecular formula is C38H23N3O8. The Balaban J connectivity index is 1.55. The average Bonchev–Trinajstić information content (AvgIpc) is 3.63. The molecule has 1 saturated heterocycles. The van der Waals surface area contributed by atoms with Crippen LogP contribution in [0.25, 0.3) is 0 Å². The van der Waals surface area contributed by atoms with Crippen molar-refractivity contribution in [2.75, 3.05) is 4.90 Å². The maximum atomic E-state index is 15.3. The number of hydrogen-bond donors (Lipinski definition) is 0. The zero-order valence-electron chi connectivity index (χ0n) is 25.4. The maximum absolute atomic E-state index is 15.3. The lowest BCUT2D eigenvalue weighted by atomic mass is 9.60. The monoisotopic (exact) mass is 649 g/mol. The molecule has 5 aromatic rings. The third-order valence-corrected chi connectivity index (χ3v) is 10.1. The first-order valence-corrected chi connectivity index (χ1v) is 15.4. The van der Waals surface area contributed by atoms with Gasteiger partial charge in [0.15, 0.2) is 28.7 Å². The van der Waals surface area contributed by atoms with E-state index in [1.807, 2.05) is 0 Å². The molecule has 1 fully saturated rings. The predicted octanol–water partition coefficient (Wildman–Crippen LogP) is 6.73. The van der Waals surface area contributed by atoms with Gasteiger partial charge in [-0.05, 0) is 23.3 Å². The van der Waals surface area contributed by atoms with E-state index in [2.05, 4.69) is 0 Å². The normalized spacial score (nSPS) is 19.8. The van der Waals surface area contributed by atoms with E-state index in [9.17, 15) is 20.2 Å². The van der Waals surface area contributed by atoms with Crippen molar-refractivity contribution in [2.45, 2.75) is 17.5 Å². The van der Waals surface area contributed by atoms with Crippen molar-refractivity contribution in [1.29, 1.82) is 0 Å². The van der Waals surface area contributed by atoms with Gasteiger partial charge in [0.25, 0.3) is 11.4 Å².